The Kier molecular flexibility index (Phi) is 3.02. The molecule has 0 aliphatic heterocycles. The Bertz CT molecular complexity index is 624. The molecule has 2 aromatic rings. The summed E-state index contributed by atoms with van der Waals surface area (Å²) in [5, 5.41) is 9.13. The van der Waals surface area contributed by atoms with Gasteiger partial charge >= 0.3 is 5.97 Å². The minimum Gasteiger partial charge on any atom is -0.464 e. The van der Waals surface area contributed by atoms with E-state index in [2.05, 4.69) is 9.72 Å². The van der Waals surface area contributed by atoms with Crippen LogP contribution in [-0.4, -0.2) is 18.1 Å². The van der Waals surface area contributed by atoms with Crippen molar-refractivity contribution in [1.29, 1.82) is 5.26 Å². The number of benzene rings is 1. The van der Waals surface area contributed by atoms with Crippen LogP contribution in [0.15, 0.2) is 30.3 Å². The van der Waals surface area contributed by atoms with E-state index < -0.39 is 5.97 Å². The van der Waals surface area contributed by atoms with Crippen molar-refractivity contribution in [2.24, 2.45) is 0 Å². The van der Waals surface area contributed by atoms with Crippen LogP contribution >= 0.6 is 0 Å². The largest absolute Gasteiger partial charge is 0.464 e. The Morgan fingerprint density at radius 1 is 1.39 bits per heavy atom. The summed E-state index contributed by atoms with van der Waals surface area (Å²) < 4.78 is 4.68. The summed E-state index contributed by atoms with van der Waals surface area (Å²) in [5.41, 5.74) is 7.35. The molecule has 0 radical (unpaired) electrons. The molecule has 0 fully saturated rings. The van der Waals surface area contributed by atoms with E-state index in [4.69, 9.17) is 11.0 Å². The third-order valence-electron chi connectivity index (χ3n) is 2.59. The van der Waals surface area contributed by atoms with Crippen molar-refractivity contribution in [2.45, 2.75) is 0 Å². The number of nitriles is 1. The third kappa shape index (κ3) is 1.80. The normalized spacial score (nSPS) is 9.78. The van der Waals surface area contributed by atoms with Gasteiger partial charge in [0.15, 0.2) is 0 Å². The molecule has 0 aliphatic rings. The number of hydrogen-bond acceptors (Lipinski definition) is 4. The van der Waals surface area contributed by atoms with Crippen LogP contribution < -0.4 is 5.73 Å². The number of carbonyl (C=O) groups excluding carboxylic acids is 1. The van der Waals surface area contributed by atoms with Crippen molar-refractivity contribution in [3.05, 3.63) is 41.6 Å². The molecule has 5 nitrogen and oxygen atoms in total. The monoisotopic (exact) mass is 241 g/mol. The first-order valence-electron chi connectivity index (χ1n) is 5.24. The number of aromatic amines is 1. The van der Waals surface area contributed by atoms with Crippen LogP contribution in [0.4, 0.5) is 5.82 Å². The lowest BCUT2D eigenvalue weighted by Crippen LogP contribution is -2.03. The molecular weight excluding hydrogens is 230 g/mol. The maximum Gasteiger partial charge on any atom is 0.355 e. The molecule has 0 saturated heterocycles. The van der Waals surface area contributed by atoms with Gasteiger partial charge in [-0.05, 0) is 5.56 Å². The van der Waals surface area contributed by atoms with Crippen molar-refractivity contribution in [1.82, 2.24) is 4.98 Å². The Morgan fingerprint density at radius 2 is 2.06 bits per heavy atom. The second-order valence-electron chi connectivity index (χ2n) is 3.63. The number of ether oxygens (including phenoxy) is 1. The number of methoxy groups -OCH3 is 1. The summed E-state index contributed by atoms with van der Waals surface area (Å²) in [7, 11) is 1.28. The van der Waals surface area contributed by atoms with Crippen LogP contribution in [0.2, 0.25) is 0 Å². The average molecular weight is 241 g/mol. The summed E-state index contributed by atoms with van der Waals surface area (Å²) in [4.78, 5) is 14.4. The van der Waals surface area contributed by atoms with Gasteiger partial charge < -0.3 is 15.5 Å². The molecule has 0 amide bonds. The summed E-state index contributed by atoms with van der Waals surface area (Å²) in [6.45, 7) is 0. The fourth-order valence-electron chi connectivity index (χ4n) is 1.78. The number of rotatable bonds is 2. The topological polar surface area (TPSA) is 91.9 Å². The zero-order chi connectivity index (χ0) is 13.1. The van der Waals surface area contributed by atoms with Gasteiger partial charge in [-0.2, -0.15) is 5.26 Å². The Morgan fingerprint density at radius 3 is 2.61 bits per heavy atom. The minimum atomic E-state index is -0.554. The van der Waals surface area contributed by atoms with Crippen molar-refractivity contribution < 1.29 is 9.53 Å². The Hall–Kier alpha value is -2.74. The van der Waals surface area contributed by atoms with E-state index in [0.29, 0.717) is 5.56 Å². The molecule has 1 aromatic carbocycles. The van der Waals surface area contributed by atoms with Gasteiger partial charge in [0, 0.05) is 5.56 Å². The number of esters is 1. The molecule has 0 atom stereocenters. The number of H-pyrrole nitrogens is 1. The van der Waals surface area contributed by atoms with Gasteiger partial charge in [0.1, 0.15) is 23.1 Å². The SMILES string of the molecule is COC(=O)c1[nH]c(N)c(C#N)c1-c1ccccc1. The van der Waals surface area contributed by atoms with E-state index in [9.17, 15) is 4.79 Å². The first-order valence-corrected chi connectivity index (χ1v) is 5.24. The van der Waals surface area contributed by atoms with Crippen LogP contribution in [0.25, 0.3) is 11.1 Å². The molecule has 1 heterocycles. The molecule has 5 heteroatoms. The quantitative estimate of drug-likeness (QED) is 0.785. The number of nitrogens with two attached hydrogens (primary N) is 1. The van der Waals surface area contributed by atoms with E-state index in [1.807, 2.05) is 24.3 Å². The van der Waals surface area contributed by atoms with Gasteiger partial charge in [0.25, 0.3) is 0 Å². The molecule has 0 unspecified atom stereocenters. The average Bonchev–Trinajstić information content (AvgIpc) is 2.75. The Labute approximate surface area is 104 Å². The number of carbonyl (C=O) groups is 1. The minimum absolute atomic E-state index is 0.164. The second-order valence-corrected chi connectivity index (χ2v) is 3.63. The zero-order valence-corrected chi connectivity index (χ0v) is 9.73. The first-order chi connectivity index (χ1) is 8.69. The number of nitrogens with zero attached hydrogens (tertiary/aromatic N) is 1. The lowest BCUT2D eigenvalue weighted by atomic mass is 10.0. The van der Waals surface area contributed by atoms with Crippen molar-refractivity contribution in [3.63, 3.8) is 0 Å². The number of aromatic nitrogens is 1. The third-order valence-corrected chi connectivity index (χ3v) is 2.59. The zero-order valence-electron chi connectivity index (χ0n) is 9.73. The van der Waals surface area contributed by atoms with Crippen molar-refractivity contribution in [2.75, 3.05) is 12.8 Å². The highest BCUT2D eigenvalue weighted by Crippen LogP contribution is 2.31. The summed E-state index contributed by atoms with van der Waals surface area (Å²) in [5.74, 6) is -0.390. The van der Waals surface area contributed by atoms with Gasteiger partial charge in [-0.3, -0.25) is 0 Å². The molecule has 0 aliphatic carbocycles. The van der Waals surface area contributed by atoms with Crippen LogP contribution in [0.5, 0.6) is 0 Å². The van der Waals surface area contributed by atoms with E-state index in [1.165, 1.54) is 7.11 Å². The molecule has 0 bridgehead atoms. The van der Waals surface area contributed by atoms with Crippen LogP contribution in [-0.2, 0) is 4.74 Å². The maximum atomic E-state index is 11.7. The summed E-state index contributed by atoms with van der Waals surface area (Å²) in [6.07, 6.45) is 0. The van der Waals surface area contributed by atoms with Crippen molar-refractivity contribution in [3.8, 4) is 17.2 Å². The number of hydrogen-bond donors (Lipinski definition) is 2. The highest BCUT2D eigenvalue weighted by molar-refractivity contribution is 5.99. The number of nitrogen functional groups attached to an aromatic ring is 1. The lowest BCUT2D eigenvalue weighted by Gasteiger charge is -2.02. The van der Waals surface area contributed by atoms with E-state index in [-0.39, 0.29) is 17.1 Å². The highest BCUT2D eigenvalue weighted by atomic mass is 16.5. The predicted octanol–water partition coefficient (Wildman–Crippen LogP) is 1.92. The fraction of sp³-hybridized carbons (Fsp3) is 0.0769. The molecule has 3 N–H and O–H groups in total. The van der Waals surface area contributed by atoms with E-state index in [1.54, 1.807) is 12.1 Å². The predicted molar refractivity (Wildman–Crippen MR) is 66.7 cm³/mol. The van der Waals surface area contributed by atoms with Gasteiger partial charge in [-0.15, -0.1) is 0 Å². The second kappa shape index (κ2) is 4.63. The molecule has 18 heavy (non-hydrogen) atoms. The van der Waals surface area contributed by atoms with Gasteiger partial charge in [-0.1, -0.05) is 30.3 Å². The van der Waals surface area contributed by atoms with Crippen LogP contribution in [0.3, 0.4) is 0 Å². The smallest absolute Gasteiger partial charge is 0.355 e. The lowest BCUT2D eigenvalue weighted by molar-refractivity contribution is 0.0596. The van der Waals surface area contributed by atoms with E-state index >= 15 is 0 Å². The van der Waals surface area contributed by atoms with Crippen LogP contribution in [0, 0.1) is 11.3 Å². The molecule has 1 aromatic heterocycles. The molecule has 90 valence electrons. The maximum absolute atomic E-state index is 11.7. The standard InChI is InChI=1S/C13H11N3O2/c1-18-13(17)11-10(8-5-3-2-4-6-8)9(7-14)12(15)16-11/h2-6,16H,15H2,1H3. The molecule has 2 rings (SSSR count). The summed E-state index contributed by atoms with van der Waals surface area (Å²) >= 11 is 0. The van der Waals surface area contributed by atoms with Gasteiger partial charge in [0.2, 0.25) is 0 Å². The molecular formula is C13H11N3O2. The van der Waals surface area contributed by atoms with Crippen molar-refractivity contribution >= 4 is 11.8 Å². The summed E-state index contributed by atoms with van der Waals surface area (Å²) in [6, 6.07) is 11.1. The van der Waals surface area contributed by atoms with Gasteiger partial charge in [-0.25, -0.2) is 4.79 Å². The van der Waals surface area contributed by atoms with E-state index in [0.717, 1.165) is 5.56 Å². The van der Waals surface area contributed by atoms with Gasteiger partial charge in [0.05, 0.1) is 7.11 Å². The van der Waals surface area contributed by atoms with Crippen LogP contribution in [0.1, 0.15) is 16.1 Å². The first kappa shape index (κ1) is 11.7. The fourth-order valence-corrected chi connectivity index (χ4v) is 1.78. The molecule has 0 saturated carbocycles. The number of nitrogens with one attached hydrogen (secondary N) is 1. The Balaban J connectivity index is 2.71. The molecule has 0 spiro atoms. The highest BCUT2D eigenvalue weighted by Gasteiger charge is 2.22. The number of anilines is 1.